The lowest BCUT2D eigenvalue weighted by atomic mass is 10.1. The molecule has 1 unspecified atom stereocenters. The molecule has 1 N–H and O–H groups in total. The molecule has 2 amide bonds. The fraction of sp³-hybridized carbons (Fsp3) is 0.111. The number of carbonyl (C=O) groups is 2. The van der Waals surface area contributed by atoms with Gasteiger partial charge in [0.15, 0.2) is 0 Å². The average molecular weight is 455 g/mol. The highest BCUT2D eigenvalue weighted by atomic mass is 32.2. The van der Waals surface area contributed by atoms with Crippen molar-refractivity contribution in [1.29, 1.82) is 0 Å². The number of thioether (sulfide) groups is 1. The Morgan fingerprint density at radius 1 is 0.939 bits per heavy atom. The van der Waals surface area contributed by atoms with Gasteiger partial charge in [-0.25, -0.2) is 0 Å². The van der Waals surface area contributed by atoms with Crippen LogP contribution >= 0.6 is 11.8 Å². The highest BCUT2D eigenvalue weighted by Crippen LogP contribution is 2.46. The standard InChI is InChI=1S/C27H22N2O3S/c1-32-24-13-7-6-12-23(24)29-25(30)17-33-27(29)21-10-4-5-11-22(21)28-26(31)20-15-14-18-8-2-3-9-19(18)16-20/h2-16,27H,17H2,1H3,(H,28,31). The van der Waals surface area contributed by atoms with Crippen LogP contribution in [0.2, 0.25) is 0 Å². The summed E-state index contributed by atoms with van der Waals surface area (Å²) in [5.41, 5.74) is 2.85. The summed E-state index contributed by atoms with van der Waals surface area (Å²) in [5.74, 6) is 0.808. The van der Waals surface area contributed by atoms with Crippen molar-refractivity contribution in [2.75, 3.05) is 23.1 Å². The molecule has 0 bridgehead atoms. The molecule has 6 heteroatoms. The predicted octanol–water partition coefficient (Wildman–Crippen LogP) is 5.88. The van der Waals surface area contributed by atoms with Crippen LogP contribution in [0, 0.1) is 0 Å². The van der Waals surface area contributed by atoms with Crippen LogP contribution < -0.4 is 15.0 Å². The Balaban J connectivity index is 1.48. The number of fused-ring (bicyclic) bond motifs is 1. The fourth-order valence-electron chi connectivity index (χ4n) is 4.09. The van der Waals surface area contributed by atoms with Gasteiger partial charge < -0.3 is 10.1 Å². The number of anilines is 2. The lowest BCUT2D eigenvalue weighted by Gasteiger charge is -2.27. The Kier molecular flexibility index (Phi) is 5.75. The zero-order valence-electron chi connectivity index (χ0n) is 18.0. The molecule has 5 rings (SSSR count). The number of benzene rings is 4. The molecule has 0 radical (unpaired) electrons. The predicted molar refractivity (Wildman–Crippen MR) is 134 cm³/mol. The Bertz CT molecular complexity index is 1350. The molecule has 1 fully saturated rings. The van der Waals surface area contributed by atoms with Crippen LogP contribution in [0.1, 0.15) is 21.3 Å². The zero-order chi connectivity index (χ0) is 22.8. The maximum atomic E-state index is 13.1. The molecule has 164 valence electrons. The van der Waals surface area contributed by atoms with Gasteiger partial charge in [-0.15, -0.1) is 11.8 Å². The molecular weight excluding hydrogens is 432 g/mol. The molecule has 4 aromatic rings. The van der Waals surface area contributed by atoms with Crippen LogP contribution in [0.5, 0.6) is 5.75 Å². The van der Waals surface area contributed by atoms with Gasteiger partial charge in [0.05, 0.1) is 18.6 Å². The van der Waals surface area contributed by atoms with Crippen LogP contribution in [0.15, 0.2) is 91.0 Å². The Morgan fingerprint density at radius 3 is 2.52 bits per heavy atom. The maximum absolute atomic E-state index is 13.1. The first-order valence-corrected chi connectivity index (χ1v) is 11.7. The van der Waals surface area contributed by atoms with Crippen molar-refractivity contribution < 1.29 is 14.3 Å². The SMILES string of the molecule is COc1ccccc1N1C(=O)CSC1c1ccccc1NC(=O)c1ccc2ccccc2c1. The monoisotopic (exact) mass is 454 g/mol. The first-order chi connectivity index (χ1) is 16.2. The molecule has 1 aliphatic heterocycles. The number of nitrogens with zero attached hydrogens (tertiary/aromatic N) is 1. The van der Waals surface area contributed by atoms with Gasteiger partial charge in [-0.2, -0.15) is 0 Å². The van der Waals surface area contributed by atoms with Crippen molar-refractivity contribution in [3.63, 3.8) is 0 Å². The van der Waals surface area contributed by atoms with Gasteiger partial charge in [-0.1, -0.05) is 60.7 Å². The second-order valence-corrected chi connectivity index (χ2v) is 8.77. The summed E-state index contributed by atoms with van der Waals surface area (Å²) in [4.78, 5) is 27.7. The van der Waals surface area contributed by atoms with Crippen LogP contribution in [-0.2, 0) is 4.79 Å². The Morgan fingerprint density at radius 2 is 1.67 bits per heavy atom. The van der Waals surface area contributed by atoms with Gasteiger partial charge in [0, 0.05) is 16.8 Å². The number of hydrogen-bond donors (Lipinski definition) is 1. The molecule has 0 spiro atoms. The maximum Gasteiger partial charge on any atom is 0.255 e. The molecule has 1 saturated heterocycles. The molecule has 33 heavy (non-hydrogen) atoms. The van der Waals surface area contributed by atoms with Gasteiger partial charge in [0.25, 0.3) is 5.91 Å². The average Bonchev–Trinajstić information content (AvgIpc) is 3.24. The number of para-hydroxylation sites is 3. The fourth-order valence-corrected chi connectivity index (χ4v) is 5.30. The third kappa shape index (κ3) is 4.05. The van der Waals surface area contributed by atoms with Crippen molar-refractivity contribution in [2.45, 2.75) is 5.37 Å². The molecule has 1 aliphatic rings. The van der Waals surface area contributed by atoms with Crippen LogP contribution in [-0.4, -0.2) is 24.7 Å². The first kappa shape index (κ1) is 21.1. The second kappa shape index (κ2) is 9.00. The van der Waals surface area contributed by atoms with Gasteiger partial charge >= 0.3 is 0 Å². The Hall–Kier alpha value is -3.77. The van der Waals surface area contributed by atoms with E-state index in [0.29, 0.717) is 22.8 Å². The summed E-state index contributed by atoms with van der Waals surface area (Å²) >= 11 is 1.53. The summed E-state index contributed by atoms with van der Waals surface area (Å²) in [5, 5.41) is 4.88. The van der Waals surface area contributed by atoms with Crippen molar-refractivity contribution >= 4 is 45.7 Å². The summed E-state index contributed by atoms with van der Waals surface area (Å²) in [6.45, 7) is 0. The van der Waals surface area contributed by atoms with E-state index in [2.05, 4.69) is 5.32 Å². The lowest BCUT2D eigenvalue weighted by Crippen LogP contribution is -2.29. The van der Waals surface area contributed by atoms with Crippen LogP contribution in [0.3, 0.4) is 0 Å². The van der Waals surface area contributed by atoms with E-state index in [9.17, 15) is 9.59 Å². The number of rotatable bonds is 5. The van der Waals surface area contributed by atoms with E-state index in [1.165, 1.54) is 11.8 Å². The number of carbonyl (C=O) groups excluding carboxylic acids is 2. The number of hydrogen-bond acceptors (Lipinski definition) is 4. The molecule has 0 saturated carbocycles. The van der Waals surface area contributed by atoms with Crippen LogP contribution in [0.25, 0.3) is 10.8 Å². The summed E-state index contributed by atoms with van der Waals surface area (Å²) < 4.78 is 5.51. The zero-order valence-corrected chi connectivity index (χ0v) is 18.8. The minimum absolute atomic E-state index is 0.00478. The van der Waals surface area contributed by atoms with Gasteiger partial charge in [0.1, 0.15) is 11.1 Å². The summed E-state index contributed by atoms with van der Waals surface area (Å²) in [6, 6.07) is 28.7. The van der Waals surface area contributed by atoms with Crippen LogP contribution in [0.4, 0.5) is 11.4 Å². The van der Waals surface area contributed by atoms with E-state index in [-0.39, 0.29) is 17.2 Å². The summed E-state index contributed by atoms with van der Waals surface area (Å²) in [6.07, 6.45) is 0. The lowest BCUT2D eigenvalue weighted by molar-refractivity contribution is -0.115. The van der Waals surface area contributed by atoms with Crippen molar-refractivity contribution in [2.24, 2.45) is 0 Å². The Labute approximate surface area is 196 Å². The number of nitrogens with one attached hydrogen (secondary N) is 1. The molecule has 1 heterocycles. The van der Waals surface area contributed by atoms with E-state index in [4.69, 9.17) is 4.74 Å². The second-order valence-electron chi connectivity index (χ2n) is 7.70. The van der Waals surface area contributed by atoms with E-state index >= 15 is 0 Å². The third-order valence-electron chi connectivity index (χ3n) is 5.70. The minimum atomic E-state index is -0.276. The normalized spacial score (nSPS) is 15.6. The molecule has 5 nitrogen and oxygen atoms in total. The van der Waals surface area contributed by atoms with Crippen molar-refractivity contribution in [3.05, 3.63) is 102 Å². The topological polar surface area (TPSA) is 58.6 Å². The molecule has 4 aromatic carbocycles. The molecule has 1 atom stereocenters. The summed E-state index contributed by atoms with van der Waals surface area (Å²) in [7, 11) is 1.60. The molecular formula is C27H22N2O3S. The van der Waals surface area contributed by atoms with Crippen molar-refractivity contribution in [3.8, 4) is 5.75 Å². The van der Waals surface area contributed by atoms with Gasteiger partial charge in [0.2, 0.25) is 5.91 Å². The highest BCUT2D eigenvalue weighted by Gasteiger charge is 2.36. The van der Waals surface area contributed by atoms with Gasteiger partial charge in [-0.05, 0) is 41.1 Å². The minimum Gasteiger partial charge on any atom is -0.495 e. The van der Waals surface area contributed by atoms with E-state index < -0.39 is 0 Å². The first-order valence-electron chi connectivity index (χ1n) is 10.6. The smallest absolute Gasteiger partial charge is 0.255 e. The largest absolute Gasteiger partial charge is 0.495 e. The third-order valence-corrected chi connectivity index (χ3v) is 6.89. The van der Waals surface area contributed by atoms with Crippen molar-refractivity contribution in [1.82, 2.24) is 0 Å². The number of ether oxygens (including phenoxy) is 1. The van der Waals surface area contributed by atoms with E-state index in [1.54, 1.807) is 12.0 Å². The number of amides is 2. The quantitative estimate of drug-likeness (QED) is 0.409. The molecule has 0 aromatic heterocycles. The number of methoxy groups -OCH3 is 1. The van der Waals surface area contributed by atoms with E-state index in [0.717, 1.165) is 22.0 Å². The molecule has 0 aliphatic carbocycles. The highest BCUT2D eigenvalue weighted by molar-refractivity contribution is 8.00. The van der Waals surface area contributed by atoms with Gasteiger partial charge in [-0.3, -0.25) is 14.5 Å². The van der Waals surface area contributed by atoms with E-state index in [1.807, 2.05) is 91.0 Å².